The third-order valence-electron chi connectivity index (χ3n) is 2.17. The van der Waals surface area contributed by atoms with Gasteiger partial charge in [-0.15, -0.1) is 0 Å². The molecule has 4 amide bonds. The molecule has 8 heteroatoms. The van der Waals surface area contributed by atoms with E-state index >= 15 is 0 Å². The van der Waals surface area contributed by atoms with Crippen molar-refractivity contribution in [2.75, 3.05) is 0 Å². The highest BCUT2D eigenvalue weighted by molar-refractivity contribution is 6.33. The Morgan fingerprint density at radius 1 is 1.21 bits per heavy atom. The summed E-state index contributed by atoms with van der Waals surface area (Å²) in [5.74, 6) is -1.18. The van der Waals surface area contributed by atoms with E-state index in [0.717, 1.165) is 0 Å². The number of nitrogens with two attached hydrogens (primary N) is 1. The third kappa shape index (κ3) is 4.47. The molecule has 5 N–H and O–H groups in total. The number of rotatable bonds is 3. The summed E-state index contributed by atoms with van der Waals surface area (Å²) in [7, 11) is 0. The molecule has 1 rings (SSSR count). The zero-order valence-corrected chi connectivity index (χ0v) is 10.8. The Kier molecular flexibility index (Phi) is 5.13. The lowest BCUT2D eigenvalue weighted by molar-refractivity contribution is -0.123. The minimum Gasteiger partial charge on any atom is -0.352 e. The van der Waals surface area contributed by atoms with Crippen molar-refractivity contribution < 1.29 is 14.4 Å². The summed E-state index contributed by atoms with van der Waals surface area (Å²) in [5, 5.41) is 2.43. The maximum Gasteiger partial charge on any atom is 0.312 e. The summed E-state index contributed by atoms with van der Waals surface area (Å²) < 4.78 is 0. The Morgan fingerprint density at radius 3 is 2.42 bits per heavy atom. The van der Waals surface area contributed by atoms with Gasteiger partial charge in [-0.05, 0) is 19.1 Å². The first-order chi connectivity index (χ1) is 8.91. The van der Waals surface area contributed by atoms with Crippen LogP contribution in [0.3, 0.4) is 0 Å². The quantitative estimate of drug-likeness (QED) is 0.593. The molecule has 7 nitrogen and oxygen atoms in total. The van der Waals surface area contributed by atoms with Crippen molar-refractivity contribution in [3.8, 4) is 0 Å². The van der Waals surface area contributed by atoms with E-state index in [4.69, 9.17) is 17.3 Å². The van der Waals surface area contributed by atoms with Gasteiger partial charge in [0.15, 0.2) is 0 Å². The van der Waals surface area contributed by atoms with Crippen LogP contribution in [0.2, 0.25) is 5.02 Å². The van der Waals surface area contributed by atoms with Gasteiger partial charge in [0, 0.05) is 0 Å². The van der Waals surface area contributed by atoms with Crippen LogP contribution in [0.15, 0.2) is 24.3 Å². The zero-order valence-electron chi connectivity index (χ0n) is 10.1. The van der Waals surface area contributed by atoms with E-state index < -0.39 is 23.9 Å². The lowest BCUT2D eigenvalue weighted by atomic mass is 10.2. The molecule has 0 radical (unpaired) electrons. The number of urea groups is 1. The van der Waals surface area contributed by atoms with Crippen LogP contribution in [0.4, 0.5) is 4.79 Å². The molecule has 0 spiro atoms. The number of hydrazine groups is 1. The number of benzene rings is 1. The van der Waals surface area contributed by atoms with Crippen molar-refractivity contribution in [3.05, 3.63) is 34.9 Å². The summed E-state index contributed by atoms with van der Waals surface area (Å²) >= 11 is 5.82. The highest BCUT2D eigenvalue weighted by Crippen LogP contribution is 2.13. The van der Waals surface area contributed by atoms with Crippen LogP contribution in [0, 0.1) is 0 Å². The summed E-state index contributed by atoms with van der Waals surface area (Å²) in [5.41, 5.74) is 9.41. The molecule has 1 aromatic rings. The fourth-order valence-corrected chi connectivity index (χ4v) is 1.44. The van der Waals surface area contributed by atoms with Crippen LogP contribution < -0.4 is 21.9 Å². The van der Waals surface area contributed by atoms with Crippen molar-refractivity contribution in [2.45, 2.75) is 13.0 Å². The molecule has 0 aromatic heterocycles. The first-order valence-corrected chi connectivity index (χ1v) is 5.70. The van der Waals surface area contributed by atoms with E-state index in [1.54, 1.807) is 18.2 Å². The molecule has 0 saturated heterocycles. The number of nitrogens with one attached hydrogen (secondary N) is 3. The van der Waals surface area contributed by atoms with Gasteiger partial charge in [-0.2, -0.15) is 0 Å². The molecule has 0 heterocycles. The molecule has 0 aliphatic carbocycles. The molecular weight excluding hydrogens is 272 g/mol. The SMILES string of the molecule is CC(NC(N)=O)C(=O)NNC(=O)c1ccccc1Cl. The van der Waals surface area contributed by atoms with E-state index in [1.807, 2.05) is 0 Å². The Bertz CT molecular complexity index is 506. The first kappa shape index (κ1) is 14.8. The van der Waals surface area contributed by atoms with Gasteiger partial charge in [-0.3, -0.25) is 20.4 Å². The second kappa shape index (κ2) is 6.60. The number of hydrogen-bond acceptors (Lipinski definition) is 3. The topological polar surface area (TPSA) is 113 Å². The Morgan fingerprint density at radius 2 is 1.84 bits per heavy atom. The van der Waals surface area contributed by atoms with Gasteiger partial charge < -0.3 is 11.1 Å². The van der Waals surface area contributed by atoms with Gasteiger partial charge in [-0.25, -0.2) is 4.79 Å². The fourth-order valence-electron chi connectivity index (χ4n) is 1.22. The maximum absolute atomic E-state index is 11.7. The fraction of sp³-hybridized carbons (Fsp3) is 0.182. The monoisotopic (exact) mass is 284 g/mol. The van der Waals surface area contributed by atoms with E-state index in [9.17, 15) is 14.4 Å². The Balaban J connectivity index is 2.53. The standard InChI is InChI=1S/C11H13ClN4O3/c1-6(14-11(13)19)9(17)15-16-10(18)7-4-2-3-5-8(7)12/h2-6H,1H3,(H,15,17)(H,16,18)(H3,13,14,19). The summed E-state index contributed by atoms with van der Waals surface area (Å²) in [6, 6.07) is 4.67. The van der Waals surface area contributed by atoms with E-state index in [0.29, 0.717) is 0 Å². The lowest BCUT2D eigenvalue weighted by Gasteiger charge is -2.13. The van der Waals surface area contributed by atoms with Gasteiger partial charge in [0.2, 0.25) is 0 Å². The average Bonchev–Trinajstić information content (AvgIpc) is 2.35. The van der Waals surface area contributed by atoms with E-state index in [-0.39, 0.29) is 10.6 Å². The minimum absolute atomic E-state index is 0.222. The van der Waals surface area contributed by atoms with Crippen molar-refractivity contribution in [3.63, 3.8) is 0 Å². The highest BCUT2D eigenvalue weighted by atomic mass is 35.5. The van der Waals surface area contributed by atoms with Crippen LogP contribution in [0.25, 0.3) is 0 Å². The van der Waals surface area contributed by atoms with Gasteiger partial charge in [0.1, 0.15) is 6.04 Å². The summed E-state index contributed by atoms with van der Waals surface area (Å²) in [6.07, 6.45) is 0. The smallest absolute Gasteiger partial charge is 0.312 e. The van der Waals surface area contributed by atoms with Gasteiger partial charge in [0.25, 0.3) is 11.8 Å². The van der Waals surface area contributed by atoms with Gasteiger partial charge in [0.05, 0.1) is 10.6 Å². The Hall–Kier alpha value is -2.28. The molecular formula is C11H13ClN4O3. The van der Waals surface area contributed by atoms with Crippen LogP contribution in [0.1, 0.15) is 17.3 Å². The van der Waals surface area contributed by atoms with Crippen LogP contribution in [-0.2, 0) is 4.79 Å². The predicted octanol–water partition coefficient (Wildman–Crippen LogP) is 0.158. The predicted molar refractivity (Wildman–Crippen MR) is 69.2 cm³/mol. The number of halogens is 1. The largest absolute Gasteiger partial charge is 0.352 e. The van der Waals surface area contributed by atoms with Crippen molar-refractivity contribution in [1.29, 1.82) is 0 Å². The second-order valence-electron chi connectivity index (χ2n) is 3.65. The van der Waals surface area contributed by atoms with Crippen LogP contribution in [-0.4, -0.2) is 23.9 Å². The van der Waals surface area contributed by atoms with Crippen LogP contribution in [0.5, 0.6) is 0 Å². The third-order valence-corrected chi connectivity index (χ3v) is 2.50. The number of hydrogen-bond donors (Lipinski definition) is 4. The molecule has 1 aromatic carbocycles. The van der Waals surface area contributed by atoms with E-state index in [1.165, 1.54) is 13.0 Å². The Labute approximate surface area is 114 Å². The molecule has 0 fully saturated rings. The number of carbonyl (C=O) groups excluding carboxylic acids is 3. The average molecular weight is 285 g/mol. The van der Waals surface area contributed by atoms with Crippen molar-refractivity contribution >= 4 is 29.4 Å². The summed E-state index contributed by atoms with van der Waals surface area (Å²) in [6.45, 7) is 1.42. The number of carbonyl (C=O) groups is 3. The highest BCUT2D eigenvalue weighted by Gasteiger charge is 2.15. The normalized spacial score (nSPS) is 11.3. The molecule has 19 heavy (non-hydrogen) atoms. The minimum atomic E-state index is -0.871. The van der Waals surface area contributed by atoms with Gasteiger partial charge in [-0.1, -0.05) is 23.7 Å². The molecule has 102 valence electrons. The molecule has 1 unspecified atom stereocenters. The van der Waals surface area contributed by atoms with Crippen molar-refractivity contribution in [1.82, 2.24) is 16.2 Å². The van der Waals surface area contributed by atoms with E-state index in [2.05, 4.69) is 16.2 Å². The molecule has 0 saturated carbocycles. The number of amides is 4. The molecule has 0 aliphatic heterocycles. The second-order valence-corrected chi connectivity index (χ2v) is 4.06. The number of primary amides is 1. The maximum atomic E-state index is 11.7. The van der Waals surface area contributed by atoms with Crippen LogP contribution >= 0.6 is 11.6 Å². The zero-order chi connectivity index (χ0) is 14.4. The lowest BCUT2D eigenvalue weighted by Crippen LogP contribution is -2.52. The summed E-state index contributed by atoms with van der Waals surface area (Å²) in [4.78, 5) is 33.7. The van der Waals surface area contributed by atoms with Crippen molar-refractivity contribution in [2.24, 2.45) is 5.73 Å². The molecule has 1 atom stereocenters. The molecule has 0 aliphatic rings. The first-order valence-electron chi connectivity index (χ1n) is 5.32. The molecule has 0 bridgehead atoms. The van der Waals surface area contributed by atoms with Gasteiger partial charge >= 0.3 is 6.03 Å².